The van der Waals surface area contributed by atoms with E-state index in [1.807, 2.05) is 0 Å². The fourth-order valence-electron chi connectivity index (χ4n) is 2.91. The molecule has 0 unspecified atom stereocenters. The van der Waals surface area contributed by atoms with Gasteiger partial charge in [-0.2, -0.15) is 0 Å². The number of aromatic hydroxyl groups is 1. The van der Waals surface area contributed by atoms with Gasteiger partial charge in [-0.15, -0.1) is 0 Å². The van der Waals surface area contributed by atoms with Crippen LogP contribution in [0.3, 0.4) is 0 Å². The zero-order chi connectivity index (χ0) is 18.3. The Morgan fingerprint density at radius 1 is 1.24 bits per heavy atom. The van der Waals surface area contributed by atoms with E-state index in [1.54, 1.807) is 19.1 Å². The standard InChI is InChI=1S/C18H13ClFNO4/c1-9-11(8-16(23)24)17-14(3-2-4-15(17)22)21(9)18(25)10-5-6-12(19)13(20)7-10/h2-7,22H,8H2,1H3,(H,23,24). The summed E-state index contributed by atoms with van der Waals surface area (Å²) in [5.74, 6) is -2.48. The maximum Gasteiger partial charge on any atom is 0.307 e. The van der Waals surface area contributed by atoms with Crippen molar-refractivity contribution in [1.29, 1.82) is 0 Å². The molecule has 3 aromatic rings. The lowest BCUT2D eigenvalue weighted by atomic mass is 10.1. The molecule has 0 atom stereocenters. The average molecular weight is 362 g/mol. The largest absolute Gasteiger partial charge is 0.507 e. The third-order valence-electron chi connectivity index (χ3n) is 4.03. The Labute approximate surface area is 146 Å². The van der Waals surface area contributed by atoms with Gasteiger partial charge in [0.15, 0.2) is 0 Å². The molecule has 1 heterocycles. The van der Waals surface area contributed by atoms with Gasteiger partial charge in [-0.3, -0.25) is 14.2 Å². The zero-order valence-corrected chi connectivity index (χ0v) is 13.8. The zero-order valence-electron chi connectivity index (χ0n) is 13.1. The number of carboxylic acids is 1. The van der Waals surface area contributed by atoms with Gasteiger partial charge >= 0.3 is 5.97 Å². The monoisotopic (exact) mass is 361 g/mol. The predicted molar refractivity (Wildman–Crippen MR) is 90.8 cm³/mol. The Morgan fingerprint density at radius 3 is 2.60 bits per heavy atom. The first kappa shape index (κ1) is 17.0. The van der Waals surface area contributed by atoms with Crippen molar-refractivity contribution in [2.75, 3.05) is 0 Å². The molecule has 7 heteroatoms. The maximum absolute atomic E-state index is 13.7. The number of aromatic nitrogens is 1. The quantitative estimate of drug-likeness (QED) is 0.744. The first-order valence-corrected chi connectivity index (χ1v) is 7.72. The summed E-state index contributed by atoms with van der Waals surface area (Å²) < 4.78 is 15.0. The minimum Gasteiger partial charge on any atom is -0.507 e. The Morgan fingerprint density at radius 2 is 1.96 bits per heavy atom. The Hall–Kier alpha value is -2.86. The van der Waals surface area contributed by atoms with Gasteiger partial charge in [-0.25, -0.2) is 4.39 Å². The summed E-state index contributed by atoms with van der Waals surface area (Å²) in [6.45, 7) is 1.59. The van der Waals surface area contributed by atoms with E-state index in [-0.39, 0.29) is 22.8 Å². The third-order valence-corrected chi connectivity index (χ3v) is 4.34. The molecule has 0 fully saturated rings. The number of carboxylic acid groups (broad SMARTS) is 1. The molecular weight excluding hydrogens is 349 g/mol. The van der Waals surface area contributed by atoms with Crippen LogP contribution in [0.1, 0.15) is 21.6 Å². The van der Waals surface area contributed by atoms with Gasteiger partial charge in [0.2, 0.25) is 0 Å². The number of hydrogen-bond donors (Lipinski definition) is 2. The topological polar surface area (TPSA) is 79.5 Å². The summed E-state index contributed by atoms with van der Waals surface area (Å²) in [5, 5.41) is 19.5. The highest BCUT2D eigenvalue weighted by Gasteiger charge is 2.23. The molecule has 0 amide bonds. The summed E-state index contributed by atoms with van der Waals surface area (Å²) in [5.41, 5.74) is 1.13. The van der Waals surface area contributed by atoms with Crippen LogP contribution < -0.4 is 0 Å². The van der Waals surface area contributed by atoms with Crippen LogP contribution in [-0.2, 0) is 11.2 Å². The van der Waals surface area contributed by atoms with Gasteiger partial charge in [-0.05, 0) is 42.8 Å². The van der Waals surface area contributed by atoms with Gasteiger partial charge in [-0.1, -0.05) is 17.7 Å². The SMILES string of the molecule is Cc1c(CC(=O)O)c2c(O)cccc2n1C(=O)c1ccc(Cl)c(F)c1. The number of rotatable bonds is 3. The second kappa shape index (κ2) is 6.22. The minimum atomic E-state index is -1.09. The van der Waals surface area contributed by atoms with Crippen molar-refractivity contribution in [3.63, 3.8) is 0 Å². The molecule has 0 spiro atoms. The molecule has 1 aromatic heterocycles. The number of phenols is 1. The normalized spacial score (nSPS) is 11.0. The maximum atomic E-state index is 13.7. The van der Waals surface area contributed by atoms with E-state index in [4.69, 9.17) is 16.7 Å². The molecule has 25 heavy (non-hydrogen) atoms. The average Bonchev–Trinajstić information content (AvgIpc) is 2.82. The molecule has 0 bridgehead atoms. The smallest absolute Gasteiger partial charge is 0.307 e. The summed E-state index contributed by atoms with van der Waals surface area (Å²) >= 11 is 5.65. The van der Waals surface area contributed by atoms with Gasteiger partial charge in [0.1, 0.15) is 11.6 Å². The summed E-state index contributed by atoms with van der Waals surface area (Å²) in [6, 6.07) is 8.25. The Bertz CT molecular complexity index is 1030. The lowest BCUT2D eigenvalue weighted by molar-refractivity contribution is -0.136. The van der Waals surface area contributed by atoms with Gasteiger partial charge in [0.25, 0.3) is 5.91 Å². The number of aliphatic carboxylic acids is 1. The van der Waals surface area contributed by atoms with Crippen LogP contribution in [0.25, 0.3) is 10.9 Å². The molecule has 128 valence electrons. The lowest BCUT2D eigenvalue weighted by Gasteiger charge is -2.08. The van der Waals surface area contributed by atoms with E-state index in [0.29, 0.717) is 22.2 Å². The number of nitrogens with zero attached hydrogens (tertiary/aromatic N) is 1. The molecule has 0 aliphatic heterocycles. The number of halogens is 2. The number of phenolic OH excluding ortho intramolecular Hbond substituents is 1. The molecule has 0 radical (unpaired) electrons. The van der Waals surface area contributed by atoms with Crippen LogP contribution in [0.5, 0.6) is 5.75 Å². The third kappa shape index (κ3) is 2.85. The molecule has 5 nitrogen and oxygen atoms in total. The van der Waals surface area contributed by atoms with Crippen molar-refractivity contribution in [2.24, 2.45) is 0 Å². The highest BCUT2D eigenvalue weighted by atomic mass is 35.5. The number of hydrogen-bond acceptors (Lipinski definition) is 3. The molecule has 3 rings (SSSR count). The first-order chi connectivity index (χ1) is 11.8. The predicted octanol–water partition coefficient (Wildman–Crippen LogP) is 3.76. The number of carbonyl (C=O) groups is 2. The number of carbonyl (C=O) groups excluding carboxylic acids is 1. The van der Waals surface area contributed by atoms with Crippen LogP contribution in [0.2, 0.25) is 5.02 Å². The molecular formula is C18H13ClFNO4. The van der Waals surface area contributed by atoms with E-state index in [0.717, 1.165) is 6.07 Å². The second-order valence-corrected chi connectivity index (χ2v) is 5.98. The first-order valence-electron chi connectivity index (χ1n) is 7.34. The van der Waals surface area contributed by atoms with Crippen molar-refractivity contribution >= 4 is 34.4 Å². The molecule has 0 aliphatic rings. The van der Waals surface area contributed by atoms with Gasteiger partial charge in [0.05, 0.1) is 17.0 Å². The van der Waals surface area contributed by atoms with E-state index in [1.165, 1.54) is 22.8 Å². The summed E-state index contributed by atoms with van der Waals surface area (Å²) in [7, 11) is 0. The summed E-state index contributed by atoms with van der Waals surface area (Å²) in [6.07, 6.45) is -0.352. The number of benzene rings is 2. The van der Waals surface area contributed by atoms with Gasteiger partial charge < -0.3 is 10.2 Å². The second-order valence-electron chi connectivity index (χ2n) is 5.58. The fraction of sp³-hybridized carbons (Fsp3) is 0.111. The van der Waals surface area contributed by atoms with E-state index in [2.05, 4.69) is 0 Å². The molecule has 2 N–H and O–H groups in total. The van der Waals surface area contributed by atoms with Crippen LogP contribution in [0.4, 0.5) is 4.39 Å². The fourth-order valence-corrected chi connectivity index (χ4v) is 3.03. The highest BCUT2D eigenvalue weighted by Crippen LogP contribution is 2.34. The van der Waals surface area contributed by atoms with E-state index >= 15 is 0 Å². The Balaban J connectivity index is 2.27. The van der Waals surface area contributed by atoms with Crippen molar-refractivity contribution in [2.45, 2.75) is 13.3 Å². The van der Waals surface area contributed by atoms with Gasteiger partial charge in [0, 0.05) is 16.6 Å². The van der Waals surface area contributed by atoms with Crippen molar-refractivity contribution in [1.82, 2.24) is 4.57 Å². The van der Waals surface area contributed by atoms with Crippen molar-refractivity contribution in [3.8, 4) is 5.75 Å². The summed E-state index contributed by atoms with van der Waals surface area (Å²) in [4.78, 5) is 24.0. The Kier molecular flexibility index (Phi) is 4.22. The molecule has 0 aliphatic carbocycles. The van der Waals surface area contributed by atoms with Crippen LogP contribution in [0, 0.1) is 12.7 Å². The molecule has 0 saturated heterocycles. The van der Waals surface area contributed by atoms with E-state index < -0.39 is 17.7 Å². The van der Waals surface area contributed by atoms with Crippen LogP contribution in [0.15, 0.2) is 36.4 Å². The van der Waals surface area contributed by atoms with Crippen molar-refractivity contribution < 1.29 is 24.2 Å². The molecule has 2 aromatic carbocycles. The van der Waals surface area contributed by atoms with Crippen molar-refractivity contribution in [3.05, 3.63) is 64.1 Å². The minimum absolute atomic E-state index is 0.0621. The lowest BCUT2D eigenvalue weighted by Crippen LogP contribution is -2.14. The molecule has 0 saturated carbocycles. The van der Waals surface area contributed by atoms with E-state index in [9.17, 15) is 19.1 Å². The van der Waals surface area contributed by atoms with Crippen LogP contribution in [-0.4, -0.2) is 26.7 Å². The highest BCUT2D eigenvalue weighted by molar-refractivity contribution is 6.30. The van der Waals surface area contributed by atoms with Crippen LogP contribution >= 0.6 is 11.6 Å². The number of fused-ring (bicyclic) bond motifs is 1.